The fourth-order valence-corrected chi connectivity index (χ4v) is 2.55. The quantitative estimate of drug-likeness (QED) is 0.701. The number of hydrogen-bond donors (Lipinski definition) is 2. The van der Waals surface area contributed by atoms with Gasteiger partial charge in [0.25, 0.3) is 11.5 Å². The van der Waals surface area contributed by atoms with E-state index in [1.807, 2.05) is 0 Å². The number of hydrogen-bond acceptors (Lipinski definition) is 5. The summed E-state index contributed by atoms with van der Waals surface area (Å²) >= 11 is 5.93. The van der Waals surface area contributed by atoms with E-state index in [0.717, 1.165) is 4.68 Å². The summed E-state index contributed by atoms with van der Waals surface area (Å²) in [5.74, 6) is -0.586. The largest absolute Gasteiger partial charge is 0.394 e. The van der Waals surface area contributed by atoms with E-state index in [4.69, 9.17) is 16.7 Å². The summed E-state index contributed by atoms with van der Waals surface area (Å²) in [4.78, 5) is 29.4. The summed E-state index contributed by atoms with van der Waals surface area (Å²) in [6.45, 7) is 1.40. The first-order valence-corrected chi connectivity index (χ1v) is 8.60. The van der Waals surface area contributed by atoms with E-state index in [1.54, 1.807) is 49.5 Å². The molecule has 7 nitrogen and oxygen atoms in total. The lowest BCUT2D eigenvalue weighted by molar-refractivity contribution is 0.0920. The Morgan fingerprint density at radius 3 is 2.67 bits per heavy atom. The van der Waals surface area contributed by atoms with Crippen molar-refractivity contribution in [3.8, 4) is 16.9 Å². The van der Waals surface area contributed by atoms with Gasteiger partial charge in [-0.25, -0.2) is 0 Å². The highest BCUT2D eigenvalue weighted by Crippen LogP contribution is 2.20. The first-order chi connectivity index (χ1) is 13.0. The topological polar surface area (TPSA) is 97.1 Å². The first kappa shape index (κ1) is 18.8. The molecule has 0 spiro atoms. The summed E-state index contributed by atoms with van der Waals surface area (Å²) in [5.41, 5.74) is 0.892. The Morgan fingerprint density at radius 1 is 1.30 bits per heavy atom. The standard InChI is InChI=1S/C19H17ClN4O3/c1-12(11-25)22-18(26)16-9-17(13-4-6-14(20)7-5-13)23-24(19(16)27)15-3-2-8-21-10-15/h2-10,12,25H,11H2,1H3,(H,22,26)/t12-/m1/s1. The summed E-state index contributed by atoms with van der Waals surface area (Å²) in [6.07, 6.45) is 3.06. The predicted molar refractivity (Wildman–Crippen MR) is 102 cm³/mol. The molecule has 1 atom stereocenters. The van der Waals surface area contributed by atoms with Gasteiger partial charge in [0.2, 0.25) is 0 Å². The molecule has 1 aromatic carbocycles. The average Bonchev–Trinajstić information content (AvgIpc) is 2.69. The zero-order valence-electron chi connectivity index (χ0n) is 14.5. The fourth-order valence-electron chi connectivity index (χ4n) is 2.42. The van der Waals surface area contributed by atoms with Crippen molar-refractivity contribution in [2.45, 2.75) is 13.0 Å². The zero-order valence-corrected chi connectivity index (χ0v) is 15.2. The molecule has 2 N–H and O–H groups in total. The molecule has 1 amide bonds. The average molecular weight is 385 g/mol. The monoisotopic (exact) mass is 384 g/mol. The Hall–Kier alpha value is -3.03. The number of carbonyl (C=O) groups is 1. The summed E-state index contributed by atoms with van der Waals surface area (Å²) in [7, 11) is 0. The van der Waals surface area contributed by atoms with Gasteiger partial charge in [0.05, 0.1) is 24.2 Å². The Kier molecular flexibility index (Phi) is 5.63. The predicted octanol–water partition coefficient (Wildman–Crippen LogP) is 2.06. The SMILES string of the molecule is C[C@H](CO)NC(=O)c1cc(-c2ccc(Cl)cc2)nn(-c2cccnc2)c1=O. The number of benzene rings is 1. The van der Waals surface area contributed by atoms with Crippen LogP contribution in [0.3, 0.4) is 0 Å². The van der Waals surface area contributed by atoms with Crippen molar-refractivity contribution in [3.05, 3.63) is 75.8 Å². The van der Waals surface area contributed by atoms with Crippen LogP contribution >= 0.6 is 11.6 Å². The molecule has 2 aromatic heterocycles. The van der Waals surface area contributed by atoms with Crippen molar-refractivity contribution >= 4 is 17.5 Å². The summed E-state index contributed by atoms with van der Waals surface area (Å²) in [6, 6.07) is 11.2. The Morgan fingerprint density at radius 2 is 2.04 bits per heavy atom. The number of halogens is 1. The molecule has 0 aliphatic carbocycles. The third-order valence-electron chi connectivity index (χ3n) is 3.84. The molecule has 0 aliphatic heterocycles. The van der Waals surface area contributed by atoms with Crippen LogP contribution < -0.4 is 10.9 Å². The van der Waals surface area contributed by atoms with Crippen LogP contribution in [0.15, 0.2) is 59.7 Å². The second-order valence-electron chi connectivity index (χ2n) is 5.94. The van der Waals surface area contributed by atoms with Crippen LogP contribution in [-0.4, -0.2) is 38.4 Å². The van der Waals surface area contributed by atoms with Crippen molar-refractivity contribution < 1.29 is 9.90 Å². The Bertz CT molecular complexity index is 1000. The number of rotatable bonds is 5. The fraction of sp³-hybridized carbons (Fsp3) is 0.158. The lowest BCUT2D eigenvalue weighted by atomic mass is 10.1. The molecular weight excluding hydrogens is 368 g/mol. The van der Waals surface area contributed by atoms with Crippen LogP contribution in [0.4, 0.5) is 0 Å². The van der Waals surface area contributed by atoms with E-state index < -0.39 is 17.5 Å². The van der Waals surface area contributed by atoms with E-state index in [-0.39, 0.29) is 12.2 Å². The number of pyridine rings is 1. The smallest absolute Gasteiger partial charge is 0.284 e. The van der Waals surface area contributed by atoms with Gasteiger partial charge in [-0.3, -0.25) is 14.6 Å². The van der Waals surface area contributed by atoms with Gasteiger partial charge in [0, 0.05) is 22.8 Å². The lowest BCUT2D eigenvalue weighted by Crippen LogP contribution is -2.39. The first-order valence-electron chi connectivity index (χ1n) is 8.22. The maximum Gasteiger partial charge on any atom is 0.284 e. The molecule has 0 saturated carbocycles. The van der Waals surface area contributed by atoms with Crippen molar-refractivity contribution in [1.29, 1.82) is 0 Å². The zero-order chi connectivity index (χ0) is 19.4. The minimum absolute atomic E-state index is 0.0842. The normalized spacial score (nSPS) is 11.8. The van der Waals surface area contributed by atoms with E-state index >= 15 is 0 Å². The van der Waals surface area contributed by atoms with E-state index in [1.165, 1.54) is 12.3 Å². The van der Waals surface area contributed by atoms with Gasteiger partial charge in [0.15, 0.2) is 0 Å². The van der Waals surface area contributed by atoms with Gasteiger partial charge in [-0.1, -0.05) is 23.7 Å². The van der Waals surface area contributed by atoms with Crippen molar-refractivity contribution in [2.75, 3.05) is 6.61 Å². The molecule has 0 aliphatic rings. The highest BCUT2D eigenvalue weighted by atomic mass is 35.5. The third kappa shape index (κ3) is 4.21. The van der Waals surface area contributed by atoms with Gasteiger partial charge in [-0.15, -0.1) is 0 Å². The number of nitrogens with zero attached hydrogens (tertiary/aromatic N) is 3. The van der Waals surface area contributed by atoms with E-state index in [2.05, 4.69) is 15.4 Å². The molecule has 0 radical (unpaired) electrons. The van der Waals surface area contributed by atoms with Crippen LogP contribution in [0.25, 0.3) is 16.9 Å². The van der Waals surface area contributed by atoms with Crippen LogP contribution in [0.1, 0.15) is 17.3 Å². The van der Waals surface area contributed by atoms with Gasteiger partial charge >= 0.3 is 0 Å². The van der Waals surface area contributed by atoms with Gasteiger partial charge in [-0.05, 0) is 37.3 Å². The second-order valence-corrected chi connectivity index (χ2v) is 6.37. The summed E-state index contributed by atoms with van der Waals surface area (Å²) in [5, 5.41) is 16.7. The highest BCUT2D eigenvalue weighted by molar-refractivity contribution is 6.30. The van der Waals surface area contributed by atoms with Gasteiger partial charge in [0.1, 0.15) is 5.56 Å². The molecule has 138 valence electrons. The Labute approximate surface area is 160 Å². The van der Waals surface area contributed by atoms with Crippen molar-refractivity contribution in [3.63, 3.8) is 0 Å². The van der Waals surface area contributed by atoms with E-state index in [0.29, 0.717) is 22.0 Å². The van der Waals surface area contributed by atoms with Crippen LogP contribution in [-0.2, 0) is 0 Å². The molecule has 0 unspecified atom stereocenters. The Balaban J connectivity index is 2.17. The third-order valence-corrected chi connectivity index (χ3v) is 4.09. The number of aliphatic hydroxyl groups excluding tert-OH is 1. The second kappa shape index (κ2) is 8.11. The molecule has 3 rings (SSSR count). The van der Waals surface area contributed by atoms with Gasteiger partial charge < -0.3 is 10.4 Å². The molecule has 27 heavy (non-hydrogen) atoms. The number of aromatic nitrogens is 3. The minimum Gasteiger partial charge on any atom is -0.394 e. The lowest BCUT2D eigenvalue weighted by Gasteiger charge is -2.13. The number of nitrogens with one attached hydrogen (secondary N) is 1. The molecular formula is C19H17ClN4O3. The van der Waals surface area contributed by atoms with Crippen LogP contribution in [0.5, 0.6) is 0 Å². The molecule has 0 saturated heterocycles. The maximum atomic E-state index is 12.8. The number of carbonyl (C=O) groups excluding carboxylic acids is 1. The molecule has 8 heteroatoms. The van der Waals surface area contributed by atoms with E-state index in [9.17, 15) is 9.59 Å². The number of aliphatic hydroxyl groups is 1. The molecule has 0 bridgehead atoms. The minimum atomic E-state index is -0.586. The van der Waals surface area contributed by atoms with Crippen molar-refractivity contribution in [2.24, 2.45) is 0 Å². The van der Waals surface area contributed by atoms with Crippen molar-refractivity contribution in [1.82, 2.24) is 20.1 Å². The van der Waals surface area contributed by atoms with Crippen LogP contribution in [0.2, 0.25) is 5.02 Å². The molecule has 3 aromatic rings. The van der Waals surface area contributed by atoms with Gasteiger partial charge in [-0.2, -0.15) is 9.78 Å². The number of amides is 1. The highest BCUT2D eigenvalue weighted by Gasteiger charge is 2.18. The molecule has 0 fully saturated rings. The maximum absolute atomic E-state index is 12.8. The summed E-state index contributed by atoms with van der Waals surface area (Å²) < 4.78 is 1.13. The van der Waals surface area contributed by atoms with Crippen LogP contribution in [0, 0.1) is 0 Å². The molecule has 2 heterocycles.